The second kappa shape index (κ2) is 6.90. The molecule has 4 rings (SSSR count). The number of hydrogen-bond acceptors (Lipinski definition) is 4. The molecule has 2 heterocycles. The summed E-state index contributed by atoms with van der Waals surface area (Å²) >= 11 is 0. The number of morpholine rings is 1. The van der Waals surface area contributed by atoms with Gasteiger partial charge in [-0.25, -0.2) is 4.39 Å². The van der Waals surface area contributed by atoms with Gasteiger partial charge in [0.25, 0.3) is 0 Å². The Morgan fingerprint density at radius 2 is 2.00 bits per heavy atom. The first-order chi connectivity index (χ1) is 12.6. The molecule has 0 saturated carbocycles. The number of carbonyl (C=O) groups excluding carboxylic acids is 1. The summed E-state index contributed by atoms with van der Waals surface area (Å²) in [6, 6.07) is 9.05. The third kappa shape index (κ3) is 3.21. The van der Waals surface area contributed by atoms with Crippen molar-refractivity contribution in [2.45, 2.75) is 6.54 Å². The summed E-state index contributed by atoms with van der Waals surface area (Å²) in [5, 5.41) is 10.3. The van der Waals surface area contributed by atoms with E-state index in [-0.39, 0.29) is 23.1 Å². The van der Waals surface area contributed by atoms with Crippen LogP contribution in [-0.2, 0) is 11.3 Å². The second-order valence-electron chi connectivity index (χ2n) is 6.47. The summed E-state index contributed by atoms with van der Waals surface area (Å²) in [5.41, 5.74) is 1.59. The Kier molecular flexibility index (Phi) is 4.44. The lowest BCUT2D eigenvalue weighted by Gasteiger charge is -2.24. The Hall–Kier alpha value is -2.70. The molecule has 0 radical (unpaired) electrons. The number of ketones is 1. The zero-order valence-corrected chi connectivity index (χ0v) is 14.1. The van der Waals surface area contributed by atoms with Crippen molar-refractivity contribution in [1.29, 1.82) is 0 Å². The molecule has 0 unspecified atom stereocenters. The molecule has 134 valence electrons. The Morgan fingerprint density at radius 3 is 2.77 bits per heavy atom. The van der Waals surface area contributed by atoms with Gasteiger partial charge in [0.15, 0.2) is 11.5 Å². The number of carbonyl (C=O) groups is 1. The van der Waals surface area contributed by atoms with Gasteiger partial charge in [-0.3, -0.25) is 4.79 Å². The number of fused-ring (bicyclic) bond motifs is 1. The highest BCUT2D eigenvalue weighted by atomic mass is 19.1. The fourth-order valence-corrected chi connectivity index (χ4v) is 3.30. The van der Waals surface area contributed by atoms with Gasteiger partial charge >= 0.3 is 0 Å². The predicted octanol–water partition coefficient (Wildman–Crippen LogP) is 1.56. The van der Waals surface area contributed by atoms with Crippen LogP contribution in [0.5, 0.6) is 11.5 Å². The first-order valence-corrected chi connectivity index (χ1v) is 8.58. The first kappa shape index (κ1) is 16.8. The molecule has 0 aliphatic carbocycles. The Balaban J connectivity index is 1.66. The maximum Gasteiger partial charge on any atom is 0.231 e. The number of benzene rings is 2. The van der Waals surface area contributed by atoms with Crippen molar-refractivity contribution >= 4 is 11.9 Å². The van der Waals surface area contributed by atoms with Crippen LogP contribution in [0.1, 0.15) is 21.5 Å². The number of halogens is 1. The van der Waals surface area contributed by atoms with Crippen LogP contribution in [0.25, 0.3) is 6.08 Å². The third-order valence-electron chi connectivity index (χ3n) is 4.69. The zero-order valence-electron chi connectivity index (χ0n) is 14.1. The van der Waals surface area contributed by atoms with Gasteiger partial charge in [-0.2, -0.15) is 0 Å². The van der Waals surface area contributed by atoms with E-state index < -0.39 is 0 Å². The van der Waals surface area contributed by atoms with Gasteiger partial charge in [0.1, 0.15) is 31.2 Å². The van der Waals surface area contributed by atoms with Crippen molar-refractivity contribution in [2.24, 2.45) is 0 Å². The molecular weight excluding hydrogens is 337 g/mol. The number of hydrogen-bond donors (Lipinski definition) is 2. The molecule has 1 saturated heterocycles. The molecule has 2 aromatic rings. The van der Waals surface area contributed by atoms with Crippen molar-refractivity contribution < 1.29 is 28.7 Å². The number of aromatic hydroxyl groups is 1. The van der Waals surface area contributed by atoms with Gasteiger partial charge < -0.3 is 19.5 Å². The number of ether oxygens (including phenoxy) is 2. The molecule has 0 spiro atoms. The molecule has 2 N–H and O–H groups in total. The number of rotatable bonds is 3. The average molecular weight is 356 g/mol. The van der Waals surface area contributed by atoms with Crippen LogP contribution in [-0.4, -0.2) is 37.2 Å². The number of quaternary nitrogens is 1. The molecule has 26 heavy (non-hydrogen) atoms. The Labute approximate surface area is 150 Å². The molecule has 5 nitrogen and oxygen atoms in total. The molecule has 0 bridgehead atoms. The van der Waals surface area contributed by atoms with Crippen LogP contribution >= 0.6 is 0 Å². The Bertz CT molecular complexity index is 887. The lowest BCUT2D eigenvalue weighted by atomic mass is 10.0. The van der Waals surface area contributed by atoms with Gasteiger partial charge in [0, 0.05) is 0 Å². The molecule has 2 aromatic carbocycles. The van der Waals surface area contributed by atoms with Crippen LogP contribution in [0.4, 0.5) is 4.39 Å². The molecule has 1 fully saturated rings. The summed E-state index contributed by atoms with van der Waals surface area (Å²) in [4.78, 5) is 13.9. The minimum atomic E-state index is -0.378. The van der Waals surface area contributed by atoms with E-state index in [0.29, 0.717) is 42.2 Å². The SMILES string of the molecule is O=C1/C(=C/c2cccc(F)c2)Oc2c1ccc(O)c2C[NH+]1CCOCC1. The maximum absolute atomic E-state index is 13.4. The quantitative estimate of drug-likeness (QED) is 0.820. The zero-order chi connectivity index (χ0) is 18.1. The number of phenols is 1. The third-order valence-corrected chi connectivity index (χ3v) is 4.69. The van der Waals surface area contributed by atoms with E-state index in [0.717, 1.165) is 13.1 Å². The molecular formula is C20H19FNO4+. The molecule has 0 atom stereocenters. The van der Waals surface area contributed by atoms with Crippen LogP contribution in [0.3, 0.4) is 0 Å². The van der Waals surface area contributed by atoms with E-state index in [1.165, 1.54) is 29.2 Å². The van der Waals surface area contributed by atoms with E-state index in [4.69, 9.17) is 9.47 Å². The fraction of sp³-hybridized carbons (Fsp3) is 0.250. The number of phenolic OH excluding ortho intramolecular Hbond substituents is 1. The fourth-order valence-electron chi connectivity index (χ4n) is 3.30. The van der Waals surface area contributed by atoms with E-state index in [1.54, 1.807) is 18.2 Å². The highest BCUT2D eigenvalue weighted by Gasteiger charge is 2.32. The molecule has 0 aromatic heterocycles. The normalized spacial score (nSPS) is 18.8. The van der Waals surface area contributed by atoms with Crippen molar-refractivity contribution in [3.05, 3.63) is 64.7 Å². The topological polar surface area (TPSA) is 60.2 Å². The minimum absolute atomic E-state index is 0.113. The number of Topliss-reactive ketones (excluding diaryl/α,β-unsaturated/α-hetero) is 1. The molecule has 2 aliphatic heterocycles. The van der Waals surface area contributed by atoms with Crippen LogP contribution < -0.4 is 9.64 Å². The van der Waals surface area contributed by atoms with Gasteiger partial charge in [-0.05, 0) is 35.9 Å². The molecule has 6 heteroatoms. The monoisotopic (exact) mass is 356 g/mol. The van der Waals surface area contributed by atoms with E-state index in [1.807, 2.05) is 0 Å². The minimum Gasteiger partial charge on any atom is -0.507 e. The standard InChI is InChI=1S/C20H18FNO4/c21-14-3-1-2-13(10-14)11-18-19(24)15-4-5-17(23)16(20(15)26-18)12-22-6-8-25-9-7-22/h1-5,10-11,23H,6-9,12H2/p+1/b18-11-. The predicted molar refractivity (Wildman–Crippen MR) is 92.7 cm³/mol. The first-order valence-electron chi connectivity index (χ1n) is 8.58. The van der Waals surface area contributed by atoms with Gasteiger partial charge in [-0.1, -0.05) is 12.1 Å². The lowest BCUT2D eigenvalue weighted by molar-refractivity contribution is -0.921. The summed E-state index contributed by atoms with van der Waals surface area (Å²) < 4.78 is 24.5. The highest BCUT2D eigenvalue weighted by Crippen LogP contribution is 2.39. The van der Waals surface area contributed by atoms with E-state index >= 15 is 0 Å². The van der Waals surface area contributed by atoms with E-state index in [2.05, 4.69) is 0 Å². The molecule has 2 aliphatic rings. The van der Waals surface area contributed by atoms with Gasteiger partial charge in [-0.15, -0.1) is 0 Å². The van der Waals surface area contributed by atoms with Crippen molar-refractivity contribution in [3.8, 4) is 11.5 Å². The summed E-state index contributed by atoms with van der Waals surface area (Å²) in [6.45, 7) is 3.58. The second-order valence-corrected chi connectivity index (χ2v) is 6.47. The van der Waals surface area contributed by atoms with Crippen LogP contribution in [0.15, 0.2) is 42.2 Å². The van der Waals surface area contributed by atoms with Crippen molar-refractivity contribution in [3.63, 3.8) is 0 Å². The van der Waals surface area contributed by atoms with E-state index in [9.17, 15) is 14.3 Å². The average Bonchev–Trinajstić information content (AvgIpc) is 2.95. The van der Waals surface area contributed by atoms with Crippen LogP contribution in [0, 0.1) is 5.82 Å². The van der Waals surface area contributed by atoms with Crippen LogP contribution in [0.2, 0.25) is 0 Å². The maximum atomic E-state index is 13.4. The number of nitrogens with one attached hydrogen (secondary N) is 1. The summed E-state index contributed by atoms with van der Waals surface area (Å²) in [6.07, 6.45) is 1.52. The highest BCUT2D eigenvalue weighted by molar-refractivity contribution is 6.14. The van der Waals surface area contributed by atoms with Gasteiger partial charge in [0.05, 0.1) is 24.3 Å². The van der Waals surface area contributed by atoms with Crippen molar-refractivity contribution in [1.82, 2.24) is 0 Å². The Morgan fingerprint density at radius 1 is 1.19 bits per heavy atom. The smallest absolute Gasteiger partial charge is 0.231 e. The number of allylic oxidation sites excluding steroid dienone is 1. The van der Waals surface area contributed by atoms with Gasteiger partial charge in [0.2, 0.25) is 5.78 Å². The van der Waals surface area contributed by atoms with Crippen molar-refractivity contribution in [2.75, 3.05) is 26.3 Å². The summed E-state index contributed by atoms with van der Waals surface area (Å²) in [5.74, 6) is 0.00710. The lowest BCUT2D eigenvalue weighted by Crippen LogP contribution is -3.12. The molecule has 0 amide bonds. The summed E-state index contributed by atoms with van der Waals surface area (Å²) in [7, 11) is 0. The largest absolute Gasteiger partial charge is 0.507 e.